The molecular weight excluding hydrogens is 198 g/mol. The molecule has 0 amide bonds. The number of anilines is 2. The first-order chi connectivity index (χ1) is 7.09. The fourth-order valence-corrected chi connectivity index (χ4v) is 1.72. The van der Waals surface area contributed by atoms with E-state index in [1.54, 1.807) is 11.9 Å². The highest BCUT2D eigenvalue weighted by atomic mass is 19.2. The van der Waals surface area contributed by atoms with E-state index >= 15 is 0 Å². The number of halogens is 2. The topological polar surface area (TPSA) is 29.3 Å². The molecule has 0 atom stereocenters. The van der Waals surface area contributed by atoms with E-state index in [2.05, 4.69) is 0 Å². The quantitative estimate of drug-likeness (QED) is 0.779. The number of hydrogen-bond donors (Lipinski definition) is 1. The molecule has 0 aliphatic heterocycles. The summed E-state index contributed by atoms with van der Waals surface area (Å²) in [5.41, 5.74) is 6.11. The number of nitrogens with zero attached hydrogens (tertiary/aromatic N) is 1. The normalized spacial score (nSPS) is 15.4. The Balaban J connectivity index is 2.27. The molecule has 2 N–H and O–H groups in total. The van der Waals surface area contributed by atoms with Crippen LogP contribution in [0.2, 0.25) is 0 Å². The first-order valence-electron chi connectivity index (χ1n) is 5.04. The zero-order valence-electron chi connectivity index (χ0n) is 8.63. The van der Waals surface area contributed by atoms with E-state index in [4.69, 9.17) is 5.73 Å². The summed E-state index contributed by atoms with van der Waals surface area (Å²) < 4.78 is 26.5. The second-order valence-corrected chi connectivity index (χ2v) is 4.12. The van der Waals surface area contributed by atoms with Gasteiger partial charge in [0.2, 0.25) is 0 Å². The number of benzene rings is 1. The Morgan fingerprint density at radius 1 is 1.40 bits per heavy atom. The minimum absolute atomic E-state index is 0.182. The first-order valence-corrected chi connectivity index (χ1v) is 5.04. The Labute approximate surface area is 87.7 Å². The summed E-state index contributed by atoms with van der Waals surface area (Å²) in [6, 6.07) is 2.45. The standard InChI is InChI=1S/C11H14F2N2/c1-15(6-7-2-3-7)11-9(14)5-4-8(12)10(11)13/h4-5,7H,2-3,6,14H2,1H3. The summed E-state index contributed by atoms with van der Waals surface area (Å²) in [7, 11) is 1.74. The maximum atomic E-state index is 13.5. The van der Waals surface area contributed by atoms with Gasteiger partial charge in [-0.1, -0.05) is 0 Å². The van der Waals surface area contributed by atoms with E-state index < -0.39 is 11.6 Å². The number of nitrogens with two attached hydrogens (primary N) is 1. The van der Waals surface area contributed by atoms with Gasteiger partial charge in [0.1, 0.15) is 0 Å². The zero-order valence-corrected chi connectivity index (χ0v) is 8.63. The van der Waals surface area contributed by atoms with E-state index in [1.807, 2.05) is 0 Å². The van der Waals surface area contributed by atoms with Crippen LogP contribution in [0.25, 0.3) is 0 Å². The van der Waals surface area contributed by atoms with E-state index in [0.29, 0.717) is 5.92 Å². The summed E-state index contributed by atoms with van der Waals surface area (Å²) in [6.07, 6.45) is 2.34. The maximum absolute atomic E-state index is 13.5. The van der Waals surface area contributed by atoms with Crippen LogP contribution in [0.1, 0.15) is 12.8 Å². The minimum atomic E-state index is -0.849. The van der Waals surface area contributed by atoms with Crippen LogP contribution >= 0.6 is 0 Å². The van der Waals surface area contributed by atoms with Crippen molar-refractivity contribution in [3.05, 3.63) is 23.8 Å². The van der Waals surface area contributed by atoms with Crippen molar-refractivity contribution in [2.24, 2.45) is 5.92 Å². The second kappa shape index (κ2) is 3.68. The summed E-state index contributed by atoms with van der Waals surface area (Å²) >= 11 is 0. The Hall–Kier alpha value is -1.32. The molecule has 0 unspecified atom stereocenters. The van der Waals surface area contributed by atoms with Gasteiger partial charge >= 0.3 is 0 Å². The molecule has 1 aliphatic carbocycles. The molecule has 0 saturated heterocycles. The molecule has 0 heterocycles. The molecule has 1 aromatic rings. The molecule has 0 bridgehead atoms. The number of nitrogen functional groups attached to an aromatic ring is 1. The fourth-order valence-electron chi connectivity index (χ4n) is 1.72. The molecule has 4 heteroatoms. The third-order valence-electron chi connectivity index (χ3n) is 2.71. The molecule has 2 nitrogen and oxygen atoms in total. The fraction of sp³-hybridized carbons (Fsp3) is 0.455. The molecule has 1 aliphatic rings. The molecule has 15 heavy (non-hydrogen) atoms. The first kappa shape index (κ1) is 10.2. The van der Waals surface area contributed by atoms with Crippen molar-refractivity contribution < 1.29 is 8.78 Å². The van der Waals surface area contributed by atoms with E-state index in [9.17, 15) is 8.78 Å². The van der Waals surface area contributed by atoms with Gasteiger partial charge in [0.05, 0.1) is 11.4 Å². The Morgan fingerprint density at radius 2 is 2.07 bits per heavy atom. The molecule has 0 radical (unpaired) electrons. The predicted molar refractivity (Wildman–Crippen MR) is 56.8 cm³/mol. The molecule has 1 aromatic carbocycles. The van der Waals surface area contributed by atoms with Crippen LogP contribution < -0.4 is 10.6 Å². The van der Waals surface area contributed by atoms with E-state index in [-0.39, 0.29) is 11.4 Å². The van der Waals surface area contributed by atoms with Crippen LogP contribution in [-0.4, -0.2) is 13.6 Å². The van der Waals surface area contributed by atoms with Crippen LogP contribution in [0, 0.1) is 17.6 Å². The van der Waals surface area contributed by atoms with Crippen LogP contribution in [-0.2, 0) is 0 Å². The van der Waals surface area contributed by atoms with Crippen molar-refractivity contribution >= 4 is 11.4 Å². The van der Waals surface area contributed by atoms with Crippen molar-refractivity contribution in [2.75, 3.05) is 24.2 Å². The number of hydrogen-bond acceptors (Lipinski definition) is 2. The van der Waals surface area contributed by atoms with Crippen molar-refractivity contribution in [3.8, 4) is 0 Å². The van der Waals surface area contributed by atoms with Crippen LogP contribution in [0.4, 0.5) is 20.2 Å². The maximum Gasteiger partial charge on any atom is 0.184 e. The van der Waals surface area contributed by atoms with Crippen LogP contribution in [0.3, 0.4) is 0 Å². The van der Waals surface area contributed by atoms with Crippen LogP contribution in [0.5, 0.6) is 0 Å². The molecule has 2 rings (SSSR count). The Bertz CT molecular complexity index is 375. The van der Waals surface area contributed by atoms with E-state index in [1.165, 1.54) is 18.9 Å². The minimum Gasteiger partial charge on any atom is -0.397 e. The molecule has 0 spiro atoms. The average molecular weight is 212 g/mol. The molecular formula is C11H14F2N2. The lowest BCUT2D eigenvalue weighted by Gasteiger charge is -2.21. The lowest BCUT2D eigenvalue weighted by atomic mass is 10.2. The molecule has 0 aromatic heterocycles. The lowest BCUT2D eigenvalue weighted by Crippen LogP contribution is -2.22. The monoisotopic (exact) mass is 212 g/mol. The van der Waals surface area contributed by atoms with Gasteiger partial charge in [0, 0.05) is 13.6 Å². The van der Waals surface area contributed by atoms with Crippen LogP contribution in [0.15, 0.2) is 12.1 Å². The predicted octanol–water partition coefficient (Wildman–Crippen LogP) is 2.39. The van der Waals surface area contributed by atoms with Gasteiger partial charge in [0.15, 0.2) is 11.6 Å². The number of rotatable bonds is 3. The largest absolute Gasteiger partial charge is 0.397 e. The van der Waals surface area contributed by atoms with Gasteiger partial charge in [-0.15, -0.1) is 0 Å². The summed E-state index contributed by atoms with van der Waals surface area (Å²) in [5, 5.41) is 0. The zero-order chi connectivity index (χ0) is 11.0. The third-order valence-corrected chi connectivity index (χ3v) is 2.71. The van der Waals surface area contributed by atoms with Gasteiger partial charge in [-0.3, -0.25) is 0 Å². The third kappa shape index (κ3) is 2.03. The highest BCUT2D eigenvalue weighted by Gasteiger charge is 2.25. The highest BCUT2D eigenvalue weighted by Crippen LogP contribution is 2.34. The van der Waals surface area contributed by atoms with Gasteiger partial charge < -0.3 is 10.6 Å². The van der Waals surface area contributed by atoms with Gasteiger partial charge in [0.25, 0.3) is 0 Å². The molecule has 1 saturated carbocycles. The Morgan fingerprint density at radius 3 is 2.67 bits per heavy atom. The summed E-state index contributed by atoms with van der Waals surface area (Å²) in [4.78, 5) is 1.70. The smallest absolute Gasteiger partial charge is 0.184 e. The van der Waals surface area contributed by atoms with Gasteiger partial charge in [-0.25, -0.2) is 8.78 Å². The highest BCUT2D eigenvalue weighted by molar-refractivity contribution is 5.68. The average Bonchev–Trinajstić information content (AvgIpc) is 2.96. The SMILES string of the molecule is CN(CC1CC1)c1c(N)ccc(F)c1F. The second-order valence-electron chi connectivity index (χ2n) is 4.12. The van der Waals surface area contributed by atoms with Crippen molar-refractivity contribution in [1.29, 1.82) is 0 Å². The van der Waals surface area contributed by atoms with E-state index in [0.717, 1.165) is 12.6 Å². The Kier molecular flexibility index (Phi) is 2.50. The summed E-state index contributed by atoms with van der Waals surface area (Å²) in [6.45, 7) is 0.741. The van der Waals surface area contributed by atoms with Crippen molar-refractivity contribution in [1.82, 2.24) is 0 Å². The van der Waals surface area contributed by atoms with Crippen molar-refractivity contribution in [3.63, 3.8) is 0 Å². The van der Waals surface area contributed by atoms with Gasteiger partial charge in [-0.05, 0) is 30.9 Å². The van der Waals surface area contributed by atoms with Crippen molar-refractivity contribution in [2.45, 2.75) is 12.8 Å². The lowest BCUT2D eigenvalue weighted by molar-refractivity contribution is 0.507. The summed E-state index contributed by atoms with van der Waals surface area (Å²) in [5.74, 6) is -1.09. The molecule has 82 valence electrons. The molecule has 1 fully saturated rings. The van der Waals surface area contributed by atoms with Gasteiger partial charge in [-0.2, -0.15) is 0 Å².